The molecule has 10 heavy (non-hydrogen) atoms. The Bertz CT molecular complexity index is 187. The minimum atomic E-state index is 0.809. The molecule has 0 radical (unpaired) electrons. The number of nitrogens with zero attached hydrogens (tertiary/aromatic N) is 1. The minimum absolute atomic E-state index is 0.809. The van der Waals surface area contributed by atoms with Crippen LogP contribution in [0.25, 0.3) is 0 Å². The van der Waals surface area contributed by atoms with E-state index in [0.717, 1.165) is 6.54 Å². The molecule has 1 aliphatic rings. The lowest BCUT2D eigenvalue weighted by molar-refractivity contribution is 0.876. The van der Waals surface area contributed by atoms with Crippen molar-refractivity contribution in [3.8, 4) is 0 Å². The Hall–Kier alpha value is -0.850. The molecule has 0 spiro atoms. The summed E-state index contributed by atoms with van der Waals surface area (Å²) in [5, 5.41) is 0. The Balaban J connectivity index is 2.55. The average molecular weight is 135 g/mol. The summed E-state index contributed by atoms with van der Waals surface area (Å²) in [5.41, 5.74) is 2.87. The maximum atomic E-state index is 3.84. The summed E-state index contributed by atoms with van der Waals surface area (Å²) in [6, 6.07) is 0. The van der Waals surface area contributed by atoms with Crippen LogP contribution in [0.4, 0.5) is 0 Å². The van der Waals surface area contributed by atoms with Crippen molar-refractivity contribution >= 4 is 6.72 Å². The Morgan fingerprint density at radius 3 is 2.80 bits per heavy atom. The Morgan fingerprint density at radius 1 is 1.50 bits per heavy atom. The number of hydrogen-bond donors (Lipinski definition) is 0. The third-order valence-electron chi connectivity index (χ3n) is 1.76. The van der Waals surface area contributed by atoms with Gasteiger partial charge in [0.15, 0.2) is 0 Å². The standard InChI is InChI=1S/C9H13N/c1-8-3-5-9(6-4-8)7-10-2/h3,5H,2,4,6-7H2,1H3. The first-order valence-corrected chi connectivity index (χ1v) is 3.60. The normalized spacial score (nSPS) is 17.7. The van der Waals surface area contributed by atoms with Crippen LogP contribution >= 0.6 is 0 Å². The van der Waals surface area contributed by atoms with Gasteiger partial charge < -0.3 is 0 Å². The van der Waals surface area contributed by atoms with Crippen molar-refractivity contribution in [1.29, 1.82) is 0 Å². The zero-order valence-corrected chi connectivity index (χ0v) is 6.43. The third-order valence-corrected chi connectivity index (χ3v) is 1.76. The van der Waals surface area contributed by atoms with Crippen LogP contribution in [-0.4, -0.2) is 13.3 Å². The summed E-state index contributed by atoms with van der Waals surface area (Å²) in [6.45, 7) is 6.43. The van der Waals surface area contributed by atoms with Crippen LogP contribution in [0.15, 0.2) is 28.3 Å². The van der Waals surface area contributed by atoms with Crippen molar-refractivity contribution in [2.75, 3.05) is 6.54 Å². The zero-order valence-electron chi connectivity index (χ0n) is 6.43. The summed E-state index contributed by atoms with van der Waals surface area (Å²) in [4.78, 5) is 3.84. The largest absolute Gasteiger partial charge is 0.297 e. The highest BCUT2D eigenvalue weighted by Gasteiger charge is 2.00. The van der Waals surface area contributed by atoms with Gasteiger partial charge in [0.1, 0.15) is 0 Å². The van der Waals surface area contributed by atoms with E-state index in [4.69, 9.17) is 0 Å². The first kappa shape index (κ1) is 7.26. The van der Waals surface area contributed by atoms with Crippen molar-refractivity contribution in [2.24, 2.45) is 4.99 Å². The van der Waals surface area contributed by atoms with Gasteiger partial charge in [-0.25, -0.2) is 0 Å². The molecule has 0 aromatic heterocycles. The summed E-state index contributed by atoms with van der Waals surface area (Å²) in [7, 11) is 0. The fourth-order valence-electron chi connectivity index (χ4n) is 1.06. The number of hydrogen-bond acceptors (Lipinski definition) is 1. The maximum Gasteiger partial charge on any atom is 0.0595 e. The molecule has 1 rings (SSSR count). The van der Waals surface area contributed by atoms with E-state index < -0.39 is 0 Å². The van der Waals surface area contributed by atoms with Gasteiger partial charge in [-0.2, -0.15) is 0 Å². The van der Waals surface area contributed by atoms with Crippen molar-refractivity contribution < 1.29 is 0 Å². The van der Waals surface area contributed by atoms with Gasteiger partial charge >= 0.3 is 0 Å². The summed E-state index contributed by atoms with van der Waals surface area (Å²) in [6.07, 6.45) is 6.69. The first-order chi connectivity index (χ1) is 4.83. The Labute approximate surface area is 62.2 Å². The average Bonchev–Trinajstić information content (AvgIpc) is 1.95. The highest BCUT2D eigenvalue weighted by Crippen LogP contribution is 2.17. The molecule has 54 valence electrons. The van der Waals surface area contributed by atoms with E-state index in [0.29, 0.717) is 0 Å². The molecule has 0 unspecified atom stereocenters. The third kappa shape index (κ3) is 1.83. The fourth-order valence-corrected chi connectivity index (χ4v) is 1.06. The van der Waals surface area contributed by atoms with Crippen LogP contribution in [0.1, 0.15) is 19.8 Å². The van der Waals surface area contributed by atoms with Gasteiger partial charge in [0, 0.05) is 0 Å². The highest BCUT2D eigenvalue weighted by atomic mass is 14.7. The number of aliphatic imine (C=N–C) groups is 1. The molecule has 0 heterocycles. The molecular formula is C9H13N. The molecule has 0 amide bonds. The van der Waals surface area contributed by atoms with E-state index in [1.54, 1.807) is 0 Å². The lowest BCUT2D eigenvalue weighted by atomic mass is 10.00. The zero-order chi connectivity index (χ0) is 7.40. The Morgan fingerprint density at radius 2 is 2.30 bits per heavy atom. The first-order valence-electron chi connectivity index (χ1n) is 3.60. The van der Waals surface area contributed by atoms with Crippen molar-refractivity contribution in [1.82, 2.24) is 0 Å². The van der Waals surface area contributed by atoms with Crippen LogP contribution in [0.2, 0.25) is 0 Å². The minimum Gasteiger partial charge on any atom is -0.297 e. The second-order valence-electron chi connectivity index (χ2n) is 2.72. The Kier molecular flexibility index (Phi) is 2.43. The number of rotatable bonds is 2. The van der Waals surface area contributed by atoms with E-state index in [-0.39, 0.29) is 0 Å². The van der Waals surface area contributed by atoms with E-state index in [1.165, 1.54) is 24.0 Å². The quantitative estimate of drug-likeness (QED) is 0.515. The van der Waals surface area contributed by atoms with Crippen molar-refractivity contribution in [3.63, 3.8) is 0 Å². The SMILES string of the molecule is C=NCC1=CC=C(C)CC1. The van der Waals surface area contributed by atoms with Gasteiger partial charge in [0.05, 0.1) is 6.54 Å². The lowest BCUT2D eigenvalue weighted by Gasteiger charge is -2.08. The van der Waals surface area contributed by atoms with Crippen molar-refractivity contribution in [2.45, 2.75) is 19.8 Å². The molecule has 0 fully saturated rings. The predicted molar refractivity (Wildman–Crippen MR) is 45.5 cm³/mol. The van der Waals surface area contributed by atoms with Gasteiger partial charge in [0.25, 0.3) is 0 Å². The fraction of sp³-hybridized carbons (Fsp3) is 0.444. The molecule has 0 bridgehead atoms. The molecule has 0 saturated carbocycles. The van der Waals surface area contributed by atoms with E-state index in [2.05, 4.69) is 30.8 Å². The monoisotopic (exact) mass is 135 g/mol. The van der Waals surface area contributed by atoms with Gasteiger partial charge in [0.2, 0.25) is 0 Å². The van der Waals surface area contributed by atoms with Crippen LogP contribution in [-0.2, 0) is 0 Å². The van der Waals surface area contributed by atoms with Crippen LogP contribution in [0.3, 0.4) is 0 Å². The molecule has 0 saturated heterocycles. The molecule has 0 aliphatic heterocycles. The topological polar surface area (TPSA) is 12.4 Å². The van der Waals surface area contributed by atoms with Crippen LogP contribution < -0.4 is 0 Å². The highest BCUT2D eigenvalue weighted by molar-refractivity contribution is 5.28. The predicted octanol–water partition coefficient (Wildman–Crippen LogP) is 2.35. The van der Waals surface area contributed by atoms with Gasteiger partial charge in [-0.15, -0.1) is 0 Å². The molecular weight excluding hydrogens is 122 g/mol. The van der Waals surface area contributed by atoms with Gasteiger partial charge in [-0.05, 0) is 32.1 Å². The summed E-state index contributed by atoms with van der Waals surface area (Å²) < 4.78 is 0. The number of allylic oxidation sites excluding steroid dienone is 3. The van der Waals surface area contributed by atoms with E-state index >= 15 is 0 Å². The second-order valence-corrected chi connectivity index (χ2v) is 2.72. The van der Waals surface area contributed by atoms with Crippen LogP contribution in [0, 0.1) is 0 Å². The van der Waals surface area contributed by atoms with Crippen molar-refractivity contribution in [3.05, 3.63) is 23.3 Å². The molecule has 1 aliphatic carbocycles. The molecule has 0 atom stereocenters. The molecule has 0 aromatic carbocycles. The molecule has 1 nitrogen and oxygen atoms in total. The molecule has 0 N–H and O–H groups in total. The smallest absolute Gasteiger partial charge is 0.0595 e. The van der Waals surface area contributed by atoms with Crippen LogP contribution in [0.5, 0.6) is 0 Å². The van der Waals surface area contributed by atoms with E-state index in [1.807, 2.05) is 0 Å². The van der Waals surface area contributed by atoms with E-state index in [9.17, 15) is 0 Å². The second kappa shape index (κ2) is 3.35. The lowest BCUT2D eigenvalue weighted by Crippen LogP contribution is -1.93. The summed E-state index contributed by atoms with van der Waals surface area (Å²) in [5.74, 6) is 0. The molecule has 1 heteroatoms. The van der Waals surface area contributed by atoms with Gasteiger partial charge in [-0.3, -0.25) is 4.99 Å². The van der Waals surface area contributed by atoms with Gasteiger partial charge in [-0.1, -0.05) is 17.7 Å². The maximum absolute atomic E-state index is 3.84. The summed E-state index contributed by atoms with van der Waals surface area (Å²) >= 11 is 0. The molecule has 0 aromatic rings.